The maximum Gasteiger partial charge on any atom is 0.119 e. The Kier molecular flexibility index (Phi) is 3.05. The standard InChI is InChI=1S/C16H20N2O/c1-11(2)12-6-13(8-16(7-12)19-3)14-9-17-18(10-14)15-4-5-15/h6-11,15H,4-5H2,1-3H3. The molecule has 1 aliphatic rings. The maximum atomic E-state index is 5.41. The molecule has 19 heavy (non-hydrogen) atoms. The van der Waals surface area contributed by atoms with E-state index in [1.807, 2.05) is 6.20 Å². The van der Waals surface area contributed by atoms with Gasteiger partial charge in [0, 0.05) is 11.8 Å². The Labute approximate surface area is 114 Å². The van der Waals surface area contributed by atoms with E-state index in [0.717, 1.165) is 5.75 Å². The average molecular weight is 256 g/mol. The van der Waals surface area contributed by atoms with Crippen LogP contribution in [0, 0.1) is 0 Å². The lowest BCUT2D eigenvalue weighted by Crippen LogP contribution is -1.93. The molecule has 1 heterocycles. The number of nitrogens with zero attached hydrogens (tertiary/aromatic N) is 2. The molecule has 0 amide bonds. The number of rotatable bonds is 4. The van der Waals surface area contributed by atoms with Crippen LogP contribution in [0.3, 0.4) is 0 Å². The Morgan fingerprint density at radius 2 is 2.00 bits per heavy atom. The van der Waals surface area contributed by atoms with E-state index < -0.39 is 0 Å². The van der Waals surface area contributed by atoms with E-state index in [9.17, 15) is 0 Å². The van der Waals surface area contributed by atoms with Gasteiger partial charge in [-0.05, 0) is 42.0 Å². The minimum atomic E-state index is 0.493. The highest BCUT2D eigenvalue weighted by molar-refractivity contribution is 5.65. The molecule has 0 aliphatic heterocycles. The van der Waals surface area contributed by atoms with Crippen LogP contribution in [0.15, 0.2) is 30.6 Å². The predicted octanol–water partition coefficient (Wildman–Crippen LogP) is 4.02. The first-order chi connectivity index (χ1) is 9.17. The van der Waals surface area contributed by atoms with Crippen LogP contribution in [0.1, 0.15) is 44.2 Å². The zero-order chi connectivity index (χ0) is 13.4. The Morgan fingerprint density at radius 1 is 1.21 bits per heavy atom. The molecule has 0 N–H and O–H groups in total. The van der Waals surface area contributed by atoms with Gasteiger partial charge < -0.3 is 4.74 Å². The fraction of sp³-hybridized carbons (Fsp3) is 0.438. The van der Waals surface area contributed by atoms with Crippen molar-refractivity contribution in [2.24, 2.45) is 0 Å². The van der Waals surface area contributed by atoms with Crippen molar-refractivity contribution in [2.45, 2.75) is 38.6 Å². The number of methoxy groups -OCH3 is 1. The lowest BCUT2D eigenvalue weighted by Gasteiger charge is -2.10. The molecule has 3 rings (SSSR count). The first-order valence-corrected chi connectivity index (χ1v) is 6.91. The zero-order valence-electron chi connectivity index (χ0n) is 11.8. The topological polar surface area (TPSA) is 27.1 Å². The number of hydrogen-bond acceptors (Lipinski definition) is 2. The Morgan fingerprint density at radius 3 is 2.63 bits per heavy atom. The third kappa shape index (κ3) is 2.50. The van der Waals surface area contributed by atoms with Crippen LogP contribution in [0.4, 0.5) is 0 Å². The van der Waals surface area contributed by atoms with Gasteiger partial charge in [0.2, 0.25) is 0 Å². The van der Waals surface area contributed by atoms with Gasteiger partial charge in [0.1, 0.15) is 5.75 Å². The van der Waals surface area contributed by atoms with Gasteiger partial charge in [-0.25, -0.2) is 0 Å². The summed E-state index contributed by atoms with van der Waals surface area (Å²) in [5.41, 5.74) is 3.66. The van der Waals surface area contributed by atoms with Crippen LogP contribution in [0.2, 0.25) is 0 Å². The van der Waals surface area contributed by atoms with Crippen molar-refractivity contribution in [3.63, 3.8) is 0 Å². The predicted molar refractivity (Wildman–Crippen MR) is 76.6 cm³/mol. The van der Waals surface area contributed by atoms with E-state index in [4.69, 9.17) is 4.74 Å². The highest BCUT2D eigenvalue weighted by atomic mass is 16.5. The summed E-state index contributed by atoms with van der Waals surface area (Å²) < 4.78 is 7.49. The van der Waals surface area contributed by atoms with E-state index >= 15 is 0 Å². The van der Waals surface area contributed by atoms with Gasteiger partial charge in [-0.3, -0.25) is 4.68 Å². The molecule has 100 valence electrons. The molecular formula is C16H20N2O. The maximum absolute atomic E-state index is 5.41. The number of aromatic nitrogens is 2. The summed E-state index contributed by atoms with van der Waals surface area (Å²) in [7, 11) is 1.72. The van der Waals surface area contributed by atoms with Crippen LogP contribution in [-0.2, 0) is 0 Å². The molecule has 1 fully saturated rings. The van der Waals surface area contributed by atoms with Crippen molar-refractivity contribution in [2.75, 3.05) is 7.11 Å². The van der Waals surface area contributed by atoms with Gasteiger partial charge >= 0.3 is 0 Å². The van der Waals surface area contributed by atoms with Gasteiger partial charge in [-0.2, -0.15) is 5.10 Å². The summed E-state index contributed by atoms with van der Waals surface area (Å²) in [6, 6.07) is 7.06. The molecule has 3 heteroatoms. The molecule has 0 bridgehead atoms. The summed E-state index contributed by atoms with van der Waals surface area (Å²) in [4.78, 5) is 0. The summed E-state index contributed by atoms with van der Waals surface area (Å²) in [5.74, 6) is 1.41. The van der Waals surface area contributed by atoms with Crippen LogP contribution in [-0.4, -0.2) is 16.9 Å². The average Bonchev–Trinajstić information content (AvgIpc) is 3.15. The number of ether oxygens (including phenoxy) is 1. The van der Waals surface area contributed by atoms with Gasteiger partial charge in [-0.15, -0.1) is 0 Å². The highest BCUT2D eigenvalue weighted by Gasteiger charge is 2.24. The van der Waals surface area contributed by atoms with Crippen LogP contribution in [0.25, 0.3) is 11.1 Å². The summed E-state index contributed by atoms with van der Waals surface area (Å²) in [6.45, 7) is 4.40. The van der Waals surface area contributed by atoms with Crippen LogP contribution >= 0.6 is 0 Å². The monoisotopic (exact) mass is 256 g/mol. The van der Waals surface area contributed by atoms with E-state index in [1.165, 1.54) is 29.5 Å². The van der Waals surface area contributed by atoms with Gasteiger partial charge in [0.15, 0.2) is 0 Å². The van der Waals surface area contributed by atoms with E-state index in [-0.39, 0.29) is 0 Å². The quantitative estimate of drug-likeness (QED) is 0.826. The summed E-state index contributed by atoms with van der Waals surface area (Å²) >= 11 is 0. The largest absolute Gasteiger partial charge is 0.497 e. The van der Waals surface area contributed by atoms with Gasteiger partial charge in [0.05, 0.1) is 19.3 Å². The third-order valence-corrected chi connectivity index (χ3v) is 3.69. The van der Waals surface area contributed by atoms with Crippen molar-refractivity contribution >= 4 is 0 Å². The third-order valence-electron chi connectivity index (χ3n) is 3.69. The van der Waals surface area contributed by atoms with Crippen molar-refractivity contribution in [3.05, 3.63) is 36.2 Å². The second-order valence-electron chi connectivity index (χ2n) is 5.59. The Bertz CT molecular complexity index is 582. The molecule has 0 radical (unpaired) electrons. The molecule has 2 aromatic rings. The van der Waals surface area contributed by atoms with E-state index in [2.05, 4.69) is 48.0 Å². The molecule has 1 aromatic heterocycles. The number of benzene rings is 1. The molecule has 0 saturated heterocycles. The van der Waals surface area contributed by atoms with Gasteiger partial charge in [0.25, 0.3) is 0 Å². The first kappa shape index (κ1) is 12.3. The summed E-state index contributed by atoms with van der Waals surface area (Å²) in [5, 5.41) is 4.46. The Balaban J connectivity index is 1.99. The van der Waals surface area contributed by atoms with Crippen molar-refractivity contribution < 1.29 is 4.74 Å². The highest BCUT2D eigenvalue weighted by Crippen LogP contribution is 2.36. The molecule has 1 saturated carbocycles. The van der Waals surface area contributed by atoms with Crippen molar-refractivity contribution in [1.82, 2.24) is 9.78 Å². The number of hydrogen-bond donors (Lipinski definition) is 0. The van der Waals surface area contributed by atoms with E-state index in [0.29, 0.717) is 12.0 Å². The Hall–Kier alpha value is -1.77. The summed E-state index contributed by atoms with van der Waals surface area (Å²) in [6.07, 6.45) is 6.63. The van der Waals surface area contributed by atoms with Crippen LogP contribution in [0.5, 0.6) is 5.75 Å². The smallest absolute Gasteiger partial charge is 0.119 e. The SMILES string of the molecule is COc1cc(-c2cnn(C3CC3)c2)cc(C(C)C)c1. The van der Waals surface area contributed by atoms with E-state index in [1.54, 1.807) is 7.11 Å². The normalized spacial score (nSPS) is 14.9. The minimum Gasteiger partial charge on any atom is -0.497 e. The lowest BCUT2D eigenvalue weighted by atomic mass is 9.98. The molecule has 0 atom stereocenters. The first-order valence-electron chi connectivity index (χ1n) is 6.91. The second kappa shape index (κ2) is 4.72. The van der Waals surface area contributed by atoms with Crippen molar-refractivity contribution in [1.29, 1.82) is 0 Å². The zero-order valence-corrected chi connectivity index (χ0v) is 11.8. The molecule has 0 spiro atoms. The lowest BCUT2D eigenvalue weighted by molar-refractivity contribution is 0.414. The minimum absolute atomic E-state index is 0.493. The molecule has 1 aromatic carbocycles. The molecule has 0 unspecified atom stereocenters. The molecule has 1 aliphatic carbocycles. The second-order valence-corrected chi connectivity index (χ2v) is 5.59. The molecular weight excluding hydrogens is 236 g/mol. The fourth-order valence-corrected chi connectivity index (χ4v) is 2.27. The fourth-order valence-electron chi connectivity index (χ4n) is 2.27. The van der Waals surface area contributed by atoms with Crippen molar-refractivity contribution in [3.8, 4) is 16.9 Å². The molecule has 3 nitrogen and oxygen atoms in total. The van der Waals surface area contributed by atoms with Gasteiger partial charge in [-0.1, -0.05) is 19.9 Å². The van der Waals surface area contributed by atoms with Crippen LogP contribution < -0.4 is 4.74 Å².